The van der Waals surface area contributed by atoms with Crippen LogP contribution in [0.3, 0.4) is 0 Å². The summed E-state index contributed by atoms with van der Waals surface area (Å²) in [6.45, 7) is 2.35. The van der Waals surface area contributed by atoms with Gasteiger partial charge in [0, 0.05) is 31.7 Å². The molecule has 1 fully saturated rings. The Balaban J connectivity index is 1.94. The number of carbonyl (C=O) groups is 1. The molecular weight excluding hydrogens is 370 g/mol. The first-order chi connectivity index (χ1) is 12.4. The summed E-state index contributed by atoms with van der Waals surface area (Å²) in [5.41, 5.74) is 0.198. The molecule has 0 bridgehead atoms. The van der Waals surface area contributed by atoms with Gasteiger partial charge in [-0.15, -0.1) is 11.3 Å². The van der Waals surface area contributed by atoms with E-state index in [1.165, 1.54) is 15.6 Å². The van der Waals surface area contributed by atoms with Crippen molar-refractivity contribution in [3.05, 3.63) is 47.5 Å². The second-order valence-corrected chi connectivity index (χ2v) is 9.56. The first-order valence-electron chi connectivity index (χ1n) is 8.62. The molecule has 0 saturated carbocycles. The van der Waals surface area contributed by atoms with Crippen molar-refractivity contribution in [2.45, 2.75) is 25.2 Å². The molecule has 0 aliphatic carbocycles. The van der Waals surface area contributed by atoms with Crippen molar-refractivity contribution < 1.29 is 13.2 Å². The average molecular weight is 394 g/mol. The molecule has 0 N–H and O–H groups in total. The molecular formula is C18H23N3O3S2. The van der Waals surface area contributed by atoms with E-state index in [1.54, 1.807) is 25.1 Å². The van der Waals surface area contributed by atoms with Crippen molar-refractivity contribution in [3.63, 3.8) is 0 Å². The van der Waals surface area contributed by atoms with Crippen LogP contribution in [-0.4, -0.2) is 49.5 Å². The van der Waals surface area contributed by atoms with E-state index < -0.39 is 15.4 Å². The zero-order chi connectivity index (χ0) is 18.8. The van der Waals surface area contributed by atoms with E-state index in [9.17, 15) is 13.2 Å². The minimum atomic E-state index is -3.24. The Morgan fingerprint density at radius 2 is 1.92 bits per heavy atom. The lowest BCUT2D eigenvalue weighted by molar-refractivity contribution is -0.125. The fourth-order valence-electron chi connectivity index (χ4n) is 3.50. The number of aromatic nitrogens is 1. The van der Waals surface area contributed by atoms with Gasteiger partial charge in [0.25, 0.3) is 0 Å². The first-order valence-corrected chi connectivity index (χ1v) is 11.1. The van der Waals surface area contributed by atoms with Crippen LogP contribution < -0.4 is 4.90 Å². The van der Waals surface area contributed by atoms with Crippen LogP contribution in [-0.2, 0) is 20.2 Å². The highest BCUT2D eigenvalue weighted by molar-refractivity contribution is 7.89. The molecule has 0 atom stereocenters. The van der Waals surface area contributed by atoms with Crippen molar-refractivity contribution >= 4 is 32.4 Å². The topological polar surface area (TPSA) is 70.6 Å². The van der Waals surface area contributed by atoms with Crippen LogP contribution in [0, 0.1) is 0 Å². The van der Waals surface area contributed by atoms with Gasteiger partial charge in [-0.05, 0) is 25.3 Å². The number of piperidine rings is 1. The van der Waals surface area contributed by atoms with Crippen LogP contribution in [0.2, 0.25) is 0 Å². The van der Waals surface area contributed by atoms with Crippen LogP contribution in [0.5, 0.6) is 0 Å². The number of likely N-dealkylation sites (N-methyl/N-ethyl adjacent to an activating group) is 1. The van der Waals surface area contributed by atoms with Gasteiger partial charge in [-0.25, -0.2) is 17.7 Å². The van der Waals surface area contributed by atoms with E-state index in [4.69, 9.17) is 0 Å². The third-order valence-electron chi connectivity index (χ3n) is 5.08. The molecule has 1 aromatic heterocycles. The van der Waals surface area contributed by atoms with E-state index in [0.717, 1.165) is 5.56 Å². The Morgan fingerprint density at radius 1 is 1.27 bits per heavy atom. The predicted molar refractivity (Wildman–Crippen MR) is 104 cm³/mol. The van der Waals surface area contributed by atoms with Crippen molar-refractivity contribution in [2.75, 3.05) is 30.8 Å². The standard InChI is InChI=1S/C18H23N3O3S2/c1-3-26(23,24)21-12-9-18(10-13-21,15-7-5-4-6-8-15)16(22)20(2)17-19-11-14-25-17/h4-8,11,14H,3,9-10,12-13H2,1-2H3. The molecule has 8 heteroatoms. The average Bonchev–Trinajstić information content (AvgIpc) is 3.22. The van der Waals surface area contributed by atoms with Gasteiger partial charge in [0.15, 0.2) is 5.13 Å². The normalized spacial score (nSPS) is 17.8. The number of sulfonamides is 1. The van der Waals surface area contributed by atoms with E-state index >= 15 is 0 Å². The van der Waals surface area contributed by atoms with Gasteiger partial charge < -0.3 is 0 Å². The summed E-state index contributed by atoms with van der Waals surface area (Å²) in [6.07, 6.45) is 2.60. The lowest BCUT2D eigenvalue weighted by atomic mass is 9.72. The smallest absolute Gasteiger partial charge is 0.239 e. The Labute approximate surface area is 158 Å². The number of benzene rings is 1. The van der Waals surface area contributed by atoms with Crippen molar-refractivity contribution in [1.29, 1.82) is 0 Å². The lowest BCUT2D eigenvalue weighted by Gasteiger charge is -2.41. The van der Waals surface area contributed by atoms with Crippen LogP contribution in [0.15, 0.2) is 41.9 Å². The van der Waals surface area contributed by atoms with Gasteiger partial charge in [0.2, 0.25) is 15.9 Å². The molecule has 0 unspecified atom stereocenters. The summed E-state index contributed by atoms with van der Waals surface area (Å²) in [5, 5.41) is 2.49. The number of hydrogen-bond acceptors (Lipinski definition) is 5. The Kier molecular flexibility index (Phi) is 5.45. The number of carbonyl (C=O) groups excluding carboxylic acids is 1. The molecule has 2 aromatic rings. The Hall–Kier alpha value is -1.77. The SMILES string of the molecule is CCS(=O)(=O)N1CCC(C(=O)N(C)c2nccs2)(c2ccccc2)CC1. The highest BCUT2D eigenvalue weighted by Gasteiger charge is 2.46. The van der Waals surface area contributed by atoms with Crippen LogP contribution in [0.25, 0.3) is 0 Å². The van der Waals surface area contributed by atoms with Gasteiger partial charge in [0.05, 0.1) is 11.2 Å². The van der Waals surface area contributed by atoms with Gasteiger partial charge >= 0.3 is 0 Å². The second kappa shape index (κ2) is 7.46. The van der Waals surface area contributed by atoms with Crippen LogP contribution >= 0.6 is 11.3 Å². The fourth-order valence-corrected chi connectivity index (χ4v) is 5.21. The fraction of sp³-hybridized carbons (Fsp3) is 0.444. The van der Waals surface area contributed by atoms with Crippen LogP contribution in [0.1, 0.15) is 25.3 Å². The summed E-state index contributed by atoms with van der Waals surface area (Å²) < 4.78 is 25.9. The summed E-state index contributed by atoms with van der Waals surface area (Å²) >= 11 is 1.41. The molecule has 0 spiro atoms. The zero-order valence-electron chi connectivity index (χ0n) is 15.0. The minimum Gasteiger partial charge on any atom is -0.290 e. The van der Waals surface area contributed by atoms with E-state index in [2.05, 4.69) is 4.98 Å². The molecule has 3 rings (SSSR count). The first kappa shape index (κ1) is 19.0. The molecule has 1 amide bonds. The molecule has 6 nitrogen and oxygen atoms in total. The highest BCUT2D eigenvalue weighted by atomic mass is 32.2. The third-order valence-corrected chi connectivity index (χ3v) is 7.81. The summed E-state index contributed by atoms with van der Waals surface area (Å²) in [6, 6.07) is 9.67. The van der Waals surface area contributed by atoms with Crippen molar-refractivity contribution in [1.82, 2.24) is 9.29 Å². The summed E-state index contributed by atoms with van der Waals surface area (Å²) in [5.74, 6) is 0.0466. The molecule has 1 aliphatic heterocycles. The number of anilines is 1. The third kappa shape index (κ3) is 3.41. The van der Waals surface area contributed by atoms with E-state index in [0.29, 0.717) is 31.1 Å². The van der Waals surface area contributed by atoms with Gasteiger partial charge in [-0.2, -0.15) is 0 Å². The molecule has 1 aliphatic rings. The number of thiazole rings is 1. The summed E-state index contributed by atoms with van der Waals surface area (Å²) in [7, 11) is -1.51. The minimum absolute atomic E-state index is 0.0350. The maximum absolute atomic E-state index is 13.5. The van der Waals surface area contributed by atoms with E-state index in [-0.39, 0.29) is 11.7 Å². The molecule has 26 heavy (non-hydrogen) atoms. The summed E-state index contributed by atoms with van der Waals surface area (Å²) in [4.78, 5) is 19.3. The van der Waals surface area contributed by atoms with E-state index in [1.807, 2.05) is 35.7 Å². The highest BCUT2D eigenvalue weighted by Crippen LogP contribution is 2.39. The largest absolute Gasteiger partial charge is 0.290 e. The number of amides is 1. The Bertz CT molecular complexity index is 843. The molecule has 1 saturated heterocycles. The van der Waals surface area contributed by atoms with Crippen LogP contribution in [0.4, 0.5) is 5.13 Å². The number of nitrogens with zero attached hydrogens (tertiary/aromatic N) is 3. The van der Waals surface area contributed by atoms with Gasteiger partial charge in [0.1, 0.15) is 0 Å². The lowest BCUT2D eigenvalue weighted by Crippen LogP contribution is -2.53. The van der Waals surface area contributed by atoms with Gasteiger partial charge in [-0.1, -0.05) is 30.3 Å². The number of hydrogen-bond donors (Lipinski definition) is 0. The molecule has 1 aromatic carbocycles. The Morgan fingerprint density at radius 3 is 2.46 bits per heavy atom. The van der Waals surface area contributed by atoms with Crippen molar-refractivity contribution in [3.8, 4) is 0 Å². The predicted octanol–water partition coefficient (Wildman–Crippen LogP) is 2.49. The maximum Gasteiger partial charge on any atom is 0.239 e. The van der Waals surface area contributed by atoms with Gasteiger partial charge in [-0.3, -0.25) is 9.69 Å². The zero-order valence-corrected chi connectivity index (χ0v) is 16.6. The maximum atomic E-state index is 13.5. The quantitative estimate of drug-likeness (QED) is 0.782. The molecule has 0 radical (unpaired) electrons. The molecule has 140 valence electrons. The monoisotopic (exact) mass is 393 g/mol. The second-order valence-electron chi connectivity index (χ2n) is 6.43. The number of rotatable bonds is 5. The molecule has 2 heterocycles. The van der Waals surface area contributed by atoms with Crippen molar-refractivity contribution in [2.24, 2.45) is 0 Å².